The van der Waals surface area contributed by atoms with Gasteiger partial charge in [-0.15, -0.1) is 0 Å². The molecule has 0 saturated heterocycles. The third-order valence-corrected chi connectivity index (χ3v) is 3.72. The van der Waals surface area contributed by atoms with Crippen LogP contribution in [0.25, 0.3) is 10.9 Å². The Morgan fingerprint density at radius 1 is 1.24 bits per heavy atom. The Bertz CT molecular complexity index is 813. The van der Waals surface area contributed by atoms with E-state index in [9.17, 15) is 9.18 Å². The van der Waals surface area contributed by atoms with E-state index in [4.69, 9.17) is 0 Å². The van der Waals surface area contributed by atoms with Crippen molar-refractivity contribution in [1.82, 2.24) is 4.98 Å². The number of nitrogens with one attached hydrogen (secondary N) is 2. The van der Waals surface area contributed by atoms with E-state index in [0.29, 0.717) is 4.47 Å². The molecule has 0 unspecified atom stereocenters. The minimum Gasteiger partial charge on any atom is -0.361 e. The van der Waals surface area contributed by atoms with Gasteiger partial charge in [0, 0.05) is 21.6 Å². The number of anilines is 1. The van der Waals surface area contributed by atoms with Crippen molar-refractivity contribution < 1.29 is 9.18 Å². The van der Waals surface area contributed by atoms with Crippen LogP contribution < -0.4 is 5.32 Å². The lowest BCUT2D eigenvalue weighted by atomic mass is 10.1. The van der Waals surface area contributed by atoms with Crippen LogP contribution in [0.1, 0.15) is 5.56 Å². The molecule has 1 heterocycles. The minimum atomic E-state index is -0.453. The summed E-state index contributed by atoms with van der Waals surface area (Å²) < 4.78 is 14.3. The lowest BCUT2D eigenvalue weighted by Crippen LogP contribution is -2.15. The van der Waals surface area contributed by atoms with Crippen LogP contribution >= 0.6 is 15.9 Å². The SMILES string of the molecule is O=C(Cc1c[nH]c2ccccc12)Nc1cc(Br)ccc1F. The van der Waals surface area contributed by atoms with E-state index < -0.39 is 5.82 Å². The normalized spacial score (nSPS) is 10.8. The first-order valence-electron chi connectivity index (χ1n) is 6.43. The quantitative estimate of drug-likeness (QED) is 0.731. The molecule has 21 heavy (non-hydrogen) atoms. The standard InChI is InChI=1S/C16H12BrFN2O/c17-11-5-6-13(18)15(8-11)20-16(21)7-10-9-19-14-4-2-1-3-12(10)14/h1-6,8-9,19H,7H2,(H,20,21). The van der Waals surface area contributed by atoms with Crippen molar-refractivity contribution in [2.45, 2.75) is 6.42 Å². The van der Waals surface area contributed by atoms with Crippen molar-refractivity contribution in [2.75, 3.05) is 5.32 Å². The summed E-state index contributed by atoms with van der Waals surface area (Å²) in [5, 5.41) is 3.60. The highest BCUT2D eigenvalue weighted by atomic mass is 79.9. The Morgan fingerprint density at radius 3 is 2.90 bits per heavy atom. The number of halogens is 2. The van der Waals surface area contributed by atoms with Gasteiger partial charge < -0.3 is 10.3 Å². The first-order chi connectivity index (χ1) is 10.1. The third kappa shape index (κ3) is 2.97. The summed E-state index contributed by atoms with van der Waals surface area (Å²) >= 11 is 3.26. The molecular formula is C16H12BrFN2O. The summed E-state index contributed by atoms with van der Waals surface area (Å²) in [5.74, 6) is -0.706. The van der Waals surface area contributed by atoms with E-state index in [1.807, 2.05) is 30.5 Å². The maximum absolute atomic E-state index is 13.6. The maximum Gasteiger partial charge on any atom is 0.228 e. The molecule has 3 nitrogen and oxygen atoms in total. The fourth-order valence-electron chi connectivity index (χ4n) is 2.24. The largest absolute Gasteiger partial charge is 0.361 e. The summed E-state index contributed by atoms with van der Waals surface area (Å²) in [7, 11) is 0. The van der Waals surface area contributed by atoms with Gasteiger partial charge >= 0.3 is 0 Å². The zero-order valence-corrected chi connectivity index (χ0v) is 12.6. The van der Waals surface area contributed by atoms with E-state index in [2.05, 4.69) is 26.2 Å². The van der Waals surface area contributed by atoms with Crippen molar-refractivity contribution >= 4 is 38.4 Å². The van der Waals surface area contributed by atoms with E-state index >= 15 is 0 Å². The summed E-state index contributed by atoms with van der Waals surface area (Å²) in [5.41, 5.74) is 2.04. The number of benzene rings is 2. The van der Waals surface area contributed by atoms with Crippen LogP contribution in [-0.2, 0) is 11.2 Å². The van der Waals surface area contributed by atoms with Crippen molar-refractivity contribution in [2.24, 2.45) is 0 Å². The lowest BCUT2D eigenvalue weighted by molar-refractivity contribution is -0.115. The second-order valence-corrected chi connectivity index (χ2v) is 5.62. The number of hydrogen-bond acceptors (Lipinski definition) is 1. The van der Waals surface area contributed by atoms with E-state index in [1.54, 1.807) is 12.1 Å². The zero-order chi connectivity index (χ0) is 14.8. The second-order valence-electron chi connectivity index (χ2n) is 4.71. The molecule has 0 spiro atoms. The smallest absolute Gasteiger partial charge is 0.228 e. The van der Waals surface area contributed by atoms with Gasteiger partial charge in [-0.2, -0.15) is 0 Å². The molecule has 0 aliphatic carbocycles. The number of aromatic amines is 1. The van der Waals surface area contributed by atoms with Crippen LogP contribution in [0.4, 0.5) is 10.1 Å². The number of fused-ring (bicyclic) bond motifs is 1. The monoisotopic (exact) mass is 346 g/mol. The number of amides is 1. The molecule has 0 fully saturated rings. The average molecular weight is 347 g/mol. The van der Waals surface area contributed by atoms with Crippen LogP contribution in [0.5, 0.6) is 0 Å². The van der Waals surface area contributed by atoms with Gasteiger partial charge in [-0.25, -0.2) is 4.39 Å². The number of H-pyrrole nitrogens is 1. The predicted molar refractivity (Wildman–Crippen MR) is 84.7 cm³/mol. The molecule has 0 saturated carbocycles. The third-order valence-electron chi connectivity index (χ3n) is 3.23. The van der Waals surface area contributed by atoms with Crippen LogP contribution in [0.2, 0.25) is 0 Å². The molecule has 0 bridgehead atoms. The van der Waals surface area contributed by atoms with E-state index in [-0.39, 0.29) is 18.0 Å². The first-order valence-corrected chi connectivity index (χ1v) is 7.22. The molecule has 106 valence electrons. The fourth-order valence-corrected chi connectivity index (χ4v) is 2.60. The van der Waals surface area contributed by atoms with E-state index in [1.165, 1.54) is 6.07 Å². The van der Waals surface area contributed by atoms with Crippen molar-refractivity contribution in [3.63, 3.8) is 0 Å². The molecule has 3 aromatic rings. The van der Waals surface area contributed by atoms with Gasteiger partial charge in [-0.3, -0.25) is 4.79 Å². The highest BCUT2D eigenvalue weighted by molar-refractivity contribution is 9.10. The number of aromatic nitrogens is 1. The molecule has 0 atom stereocenters. The van der Waals surface area contributed by atoms with E-state index in [0.717, 1.165) is 16.5 Å². The minimum absolute atomic E-state index is 0.175. The summed E-state index contributed by atoms with van der Waals surface area (Å²) in [6.45, 7) is 0. The van der Waals surface area contributed by atoms with Gasteiger partial charge in [0.15, 0.2) is 0 Å². The van der Waals surface area contributed by atoms with Crippen LogP contribution in [0.15, 0.2) is 53.1 Å². The highest BCUT2D eigenvalue weighted by Crippen LogP contribution is 2.21. The second kappa shape index (κ2) is 5.69. The Kier molecular flexibility index (Phi) is 3.75. The average Bonchev–Trinajstić information content (AvgIpc) is 2.86. The molecule has 1 amide bonds. The molecule has 2 aromatic carbocycles. The molecule has 0 aliphatic rings. The Labute approximate surface area is 129 Å². The van der Waals surface area contributed by atoms with Gasteiger partial charge in [0.05, 0.1) is 12.1 Å². The van der Waals surface area contributed by atoms with Crippen molar-refractivity contribution in [3.05, 3.63) is 64.5 Å². The summed E-state index contributed by atoms with van der Waals surface area (Å²) in [6.07, 6.45) is 2.00. The lowest BCUT2D eigenvalue weighted by Gasteiger charge is -2.06. The highest BCUT2D eigenvalue weighted by Gasteiger charge is 2.11. The maximum atomic E-state index is 13.6. The topological polar surface area (TPSA) is 44.9 Å². The first kappa shape index (κ1) is 13.8. The number of hydrogen-bond donors (Lipinski definition) is 2. The number of rotatable bonds is 3. The van der Waals surface area contributed by atoms with Crippen molar-refractivity contribution in [1.29, 1.82) is 0 Å². The van der Waals surface area contributed by atoms with Crippen LogP contribution in [-0.4, -0.2) is 10.9 Å². The number of carbonyl (C=O) groups excluding carboxylic acids is 1. The number of para-hydroxylation sites is 1. The van der Waals surface area contributed by atoms with Crippen LogP contribution in [0, 0.1) is 5.82 Å². The molecule has 2 N–H and O–H groups in total. The van der Waals surface area contributed by atoms with Gasteiger partial charge in [0.25, 0.3) is 0 Å². The molecule has 5 heteroatoms. The molecule has 1 aromatic heterocycles. The summed E-state index contributed by atoms with van der Waals surface area (Å²) in [6, 6.07) is 12.2. The van der Waals surface area contributed by atoms with Gasteiger partial charge in [-0.1, -0.05) is 34.1 Å². The van der Waals surface area contributed by atoms with Gasteiger partial charge in [-0.05, 0) is 29.8 Å². The molecule has 0 aliphatic heterocycles. The number of carbonyl (C=O) groups is 1. The summed E-state index contributed by atoms with van der Waals surface area (Å²) in [4.78, 5) is 15.2. The molecular weight excluding hydrogens is 335 g/mol. The zero-order valence-electron chi connectivity index (χ0n) is 11.0. The molecule has 0 radical (unpaired) electrons. The Hall–Kier alpha value is -2.14. The van der Waals surface area contributed by atoms with Crippen LogP contribution in [0.3, 0.4) is 0 Å². The Balaban J connectivity index is 1.79. The predicted octanol–water partition coefficient (Wildman–Crippen LogP) is 4.25. The Morgan fingerprint density at radius 2 is 2.05 bits per heavy atom. The van der Waals surface area contributed by atoms with Crippen molar-refractivity contribution in [3.8, 4) is 0 Å². The fraction of sp³-hybridized carbons (Fsp3) is 0.0625. The van der Waals surface area contributed by atoms with Gasteiger partial charge in [0.1, 0.15) is 5.82 Å². The molecule has 3 rings (SSSR count). The van der Waals surface area contributed by atoms with Gasteiger partial charge in [0.2, 0.25) is 5.91 Å².